The fraction of sp³-hybridized carbons (Fsp3) is 0.143. The number of anilines is 1. The van der Waals surface area contributed by atoms with E-state index in [1.54, 1.807) is 6.07 Å². The lowest BCUT2D eigenvalue weighted by Crippen LogP contribution is -2.14. The van der Waals surface area contributed by atoms with E-state index in [9.17, 15) is 21.6 Å². The zero-order valence-corrected chi connectivity index (χ0v) is 14.7. The number of hydrogen-bond acceptors (Lipinski definition) is 4. The molecule has 0 saturated carbocycles. The van der Waals surface area contributed by atoms with Crippen molar-refractivity contribution in [3.05, 3.63) is 40.4 Å². The number of hydrogen-bond donors (Lipinski definition) is 2. The number of sulfonamides is 1. The third-order valence-corrected chi connectivity index (χ3v) is 5.99. The molecule has 1 aromatic carbocycles. The molecule has 3 rings (SSSR count). The minimum absolute atomic E-state index is 0.142. The molecule has 11 heteroatoms. The maximum atomic E-state index is 14.1. The topological polar surface area (TPSA) is 71.2 Å². The van der Waals surface area contributed by atoms with Gasteiger partial charge in [0.05, 0.1) is 20.2 Å². The normalized spacial score (nSPS) is 11.8. The molecule has 2 N–H and O–H groups in total. The van der Waals surface area contributed by atoms with Crippen LogP contribution in [0.25, 0.3) is 10.2 Å². The lowest BCUT2D eigenvalue weighted by Gasteiger charge is -2.11. The van der Waals surface area contributed by atoms with E-state index in [0.29, 0.717) is 26.7 Å². The van der Waals surface area contributed by atoms with Gasteiger partial charge in [-0.15, -0.1) is 11.3 Å². The van der Waals surface area contributed by atoms with Gasteiger partial charge < -0.3 is 9.72 Å². The quantitative estimate of drug-likeness (QED) is 0.636. The Morgan fingerprint density at radius 1 is 1.24 bits per heavy atom. The number of alkyl halides is 1. The van der Waals surface area contributed by atoms with E-state index in [4.69, 9.17) is 16.3 Å². The van der Waals surface area contributed by atoms with E-state index >= 15 is 0 Å². The van der Waals surface area contributed by atoms with Crippen LogP contribution in [0.2, 0.25) is 4.34 Å². The lowest BCUT2D eigenvalue weighted by atomic mass is 10.3. The van der Waals surface area contributed by atoms with Crippen LogP contribution >= 0.6 is 22.9 Å². The summed E-state index contributed by atoms with van der Waals surface area (Å²) in [5.41, 5.74) is -0.0842. The summed E-state index contributed by atoms with van der Waals surface area (Å²) >= 11 is 6.88. The molecular weight excluding hydrogens is 401 g/mol. The molecule has 3 aromatic rings. The highest BCUT2D eigenvalue weighted by Crippen LogP contribution is 2.35. The molecule has 0 saturated heterocycles. The van der Waals surface area contributed by atoms with Gasteiger partial charge in [0, 0.05) is 18.3 Å². The SMILES string of the molecule is O=S(=O)(Nc1cc(F)c(OCCF)cc1F)c1c[nH]c2cc(Cl)sc12. The molecule has 134 valence electrons. The van der Waals surface area contributed by atoms with Gasteiger partial charge in [-0.3, -0.25) is 4.72 Å². The van der Waals surface area contributed by atoms with Crippen LogP contribution in [0.5, 0.6) is 5.75 Å². The number of aromatic nitrogens is 1. The van der Waals surface area contributed by atoms with Crippen LogP contribution in [0, 0.1) is 11.6 Å². The summed E-state index contributed by atoms with van der Waals surface area (Å²) in [5.74, 6) is -2.59. The van der Waals surface area contributed by atoms with Crippen molar-refractivity contribution in [2.45, 2.75) is 4.90 Å². The molecule has 0 unspecified atom stereocenters. The van der Waals surface area contributed by atoms with Gasteiger partial charge >= 0.3 is 0 Å². The summed E-state index contributed by atoms with van der Waals surface area (Å²) in [7, 11) is -4.19. The maximum Gasteiger partial charge on any atom is 0.264 e. The van der Waals surface area contributed by atoms with E-state index in [2.05, 4.69) is 4.98 Å². The Balaban J connectivity index is 1.94. The highest BCUT2D eigenvalue weighted by atomic mass is 35.5. The molecule has 0 fully saturated rings. The number of fused-ring (bicyclic) bond motifs is 1. The number of halogens is 4. The van der Waals surface area contributed by atoms with Gasteiger partial charge in [0.2, 0.25) is 0 Å². The third kappa shape index (κ3) is 3.55. The summed E-state index contributed by atoms with van der Waals surface area (Å²) in [6, 6.07) is 2.83. The lowest BCUT2D eigenvalue weighted by molar-refractivity contribution is 0.261. The Labute approximate surface area is 149 Å². The molecular formula is C14H10ClF3N2O3S2. The van der Waals surface area contributed by atoms with Crippen LogP contribution in [0.4, 0.5) is 18.9 Å². The van der Waals surface area contributed by atoms with Gasteiger partial charge in [0.1, 0.15) is 18.2 Å². The molecule has 0 aliphatic carbocycles. The zero-order valence-electron chi connectivity index (χ0n) is 12.3. The second kappa shape index (κ2) is 6.77. The van der Waals surface area contributed by atoms with Crippen molar-refractivity contribution in [3.63, 3.8) is 0 Å². The van der Waals surface area contributed by atoms with Crippen molar-refractivity contribution in [3.8, 4) is 5.75 Å². The van der Waals surface area contributed by atoms with E-state index in [0.717, 1.165) is 11.3 Å². The minimum atomic E-state index is -4.19. The van der Waals surface area contributed by atoms with Crippen LogP contribution < -0.4 is 9.46 Å². The number of benzene rings is 1. The monoisotopic (exact) mass is 410 g/mol. The first-order valence-electron chi connectivity index (χ1n) is 6.79. The first kappa shape index (κ1) is 17.9. The fourth-order valence-electron chi connectivity index (χ4n) is 2.13. The van der Waals surface area contributed by atoms with Crippen LogP contribution in [-0.4, -0.2) is 26.7 Å². The van der Waals surface area contributed by atoms with Crippen molar-refractivity contribution in [2.75, 3.05) is 18.0 Å². The molecule has 0 atom stereocenters. The first-order valence-corrected chi connectivity index (χ1v) is 9.46. The van der Waals surface area contributed by atoms with Gasteiger partial charge in [0.15, 0.2) is 17.4 Å². The average Bonchev–Trinajstić information content (AvgIpc) is 3.07. The Kier molecular flexibility index (Phi) is 4.85. The third-order valence-electron chi connectivity index (χ3n) is 3.17. The summed E-state index contributed by atoms with van der Waals surface area (Å²) in [4.78, 5) is 2.60. The van der Waals surface area contributed by atoms with Crippen molar-refractivity contribution in [1.29, 1.82) is 0 Å². The number of aromatic amines is 1. The largest absolute Gasteiger partial charge is 0.488 e. The first-order chi connectivity index (χ1) is 11.8. The highest BCUT2D eigenvalue weighted by molar-refractivity contribution is 7.93. The number of H-pyrrole nitrogens is 1. The summed E-state index contributed by atoms with van der Waals surface area (Å²) in [6.45, 7) is -1.32. The van der Waals surface area contributed by atoms with E-state index < -0.39 is 46.4 Å². The molecule has 0 aliphatic heterocycles. The molecule has 25 heavy (non-hydrogen) atoms. The van der Waals surface area contributed by atoms with Gasteiger partial charge in [-0.1, -0.05) is 11.6 Å². The predicted octanol–water partition coefficient (Wildman–Crippen LogP) is 4.31. The van der Waals surface area contributed by atoms with Crippen LogP contribution in [-0.2, 0) is 10.0 Å². The standard InChI is InChI=1S/C14H10ClF3N2O3S2/c15-13-5-10-14(24-13)12(6-19-10)25(21,22)20-9-3-8(18)11(4-7(9)17)23-2-1-16/h3-6,19-20H,1-2H2. The van der Waals surface area contributed by atoms with Gasteiger partial charge in [-0.2, -0.15) is 0 Å². The predicted molar refractivity (Wildman–Crippen MR) is 89.8 cm³/mol. The maximum absolute atomic E-state index is 14.1. The van der Waals surface area contributed by atoms with Crippen molar-refractivity contribution in [2.24, 2.45) is 0 Å². The van der Waals surface area contributed by atoms with Gasteiger partial charge in [-0.25, -0.2) is 21.6 Å². The van der Waals surface area contributed by atoms with E-state index in [1.807, 2.05) is 4.72 Å². The van der Waals surface area contributed by atoms with E-state index in [1.165, 1.54) is 6.20 Å². The average molecular weight is 411 g/mol. The Morgan fingerprint density at radius 3 is 2.72 bits per heavy atom. The molecule has 0 aliphatic rings. The highest BCUT2D eigenvalue weighted by Gasteiger charge is 2.23. The second-order valence-corrected chi connectivity index (χ2v) is 8.19. The van der Waals surface area contributed by atoms with Crippen LogP contribution in [0.3, 0.4) is 0 Å². The minimum Gasteiger partial charge on any atom is -0.488 e. The van der Waals surface area contributed by atoms with Crippen LogP contribution in [0.15, 0.2) is 29.3 Å². The Bertz CT molecular complexity index is 1030. The smallest absolute Gasteiger partial charge is 0.264 e. The molecule has 0 bridgehead atoms. The fourth-order valence-corrected chi connectivity index (χ4v) is 4.80. The number of thiophene rings is 1. The Hall–Kier alpha value is -1.91. The number of nitrogens with one attached hydrogen (secondary N) is 2. The summed E-state index contributed by atoms with van der Waals surface area (Å²) < 4.78 is 72.3. The van der Waals surface area contributed by atoms with Crippen molar-refractivity contribution >= 4 is 48.9 Å². The number of ether oxygens (including phenoxy) is 1. The summed E-state index contributed by atoms with van der Waals surface area (Å²) in [6.07, 6.45) is 1.23. The van der Waals surface area contributed by atoms with Crippen LogP contribution in [0.1, 0.15) is 0 Å². The molecule has 0 amide bonds. The van der Waals surface area contributed by atoms with Gasteiger partial charge in [-0.05, 0) is 6.07 Å². The molecule has 5 nitrogen and oxygen atoms in total. The molecule has 0 radical (unpaired) electrons. The Morgan fingerprint density at radius 2 is 2.00 bits per heavy atom. The summed E-state index contributed by atoms with van der Waals surface area (Å²) in [5, 5.41) is 0. The molecule has 0 spiro atoms. The zero-order chi connectivity index (χ0) is 18.2. The van der Waals surface area contributed by atoms with E-state index in [-0.39, 0.29) is 4.90 Å². The van der Waals surface area contributed by atoms with Crippen molar-refractivity contribution in [1.82, 2.24) is 4.98 Å². The van der Waals surface area contributed by atoms with Crippen molar-refractivity contribution < 1.29 is 26.3 Å². The molecule has 2 aromatic heterocycles. The molecule has 2 heterocycles. The van der Waals surface area contributed by atoms with Gasteiger partial charge in [0.25, 0.3) is 10.0 Å². The second-order valence-electron chi connectivity index (χ2n) is 4.85. The number of rotatable bonds is 6.